The van der Waals surface area contributed by atoms with Gasteiger partial charge in [0.05, 0.1) is 18.1 Å². The third kappa shape index (κ3) is 2.34. The Hall–Kier alpha value is -1.73. The third-order valence-electron chi connectivity index (χ3n) is 2.87. The van der Waals surface area contributed by atoms with Gasteiger partial charge in [-0.2, -0.15) is 5.26 Å². The number of aliphatic hydroxyl groups excluding tert-OH is 1. The molecule has 2 unspecified atom stereocenters. The van der Waals surface area contributed by atoms with Gasteiger partial charge in [-0.05, 0) is 24.1 Å². The highest BCUT2D eigenvalue weighted by molar-refractivity contribution is 5.46. The number of rotatable bonds is 3. The minimum atomic E-state index is -0.650. The minimum Gasteiger partial charge on any atom is -0.486 e. The van der Waals surface area contributed by atoms with Crippen molar-refractivity contribution < 1.29 is 14.6 Å². The van der Waals surface area contributed by atoms with Crippen LogP contribution in [-0.2, 0) is 0 Å². The van der Waals surface area contributed by atoms with Crippen LogP contribution in [0.4, 0.5) is 0 Å². The SMILES string of the molecule is CCC(O)C(C#N)c1ccc2c(c1)OCCO2. The van der Waals surface area contributed by atoms with E-state index in [1.54, 1.807) is 18.2 Å². The van der Waals surface area contributed by atoms with E-state index in [0.717, 1.165) is 5.56 Å². The van der Waals surface area contributed by atoms with Gasteiger partial charge in [0.2, 0.25) is 0 Å². The zero-order valence-corrected chi connectivity index (χ0v) is 9.72. The molecule has 4 heteroatoms. The van der Waals surface area contributed by atoms with Crippen LogP contribution in [0.1, 0.15) is 24.8 Å². The first-order valence-electron chi connectivity index (χ1n) is 5.73. The maximum absolute atomic E-state index is 9.78. The largest absolute Gasteiger partial charge is 0.486 e. The van der Waals surface area contributed by atoms with Crippen molar-refractivity contribution in [3.05, 3.63) is 23.8 Å². The summed E-state index contributed by atoms with van der Waals surface area (Å²) in [5.41, 5.74) is 0.770. The zero-order chi connectivity index (χ0) is 12.3. The molecule has 1 aliphatic rings. The number of benzene rings is 1. The monoisotopic (exact) mass is 233 g/mol. The van der Waals surface area contributed by atoms with E-state index in [4.69, 9.17) is 14.7 Å². The van der Waals surface area contributed by atoms with Crippen LogP contribution < -0.4 is 9.47 Å². The number of hydrogen-bond acceptors (Lipinski definition) is 4. The van der Waals surface area contributed by atoms with Crippen molar-refractivity contribution in [3.63, 3.8) is 0 Å². The normalized spacial score (nSPS) is 17.0. The predicted molar refractivity (Wildman–Crippen MR) is 62.1 cm³/mol. The van der Waals surface area contributed by atoms with E-state index < -0.39 is 12.0 Å². The molecule has 0 aromatic heterocycles. The van der Waals surface area contributed by atoms with Crippen molar-refractivity contribution >= 4 is 0 Å². The fourth-order valence-corrected chi connectivity index (χ4v) is 1.87. The number of nitriles is 1. The summed E-state index contributed by atoms with van der Waals surface area (Å²) in [6.45, 7) is 2.92. The Bertz CT molecular complexity index is 439. The van der Waals surface area contributed by atoms with Crippen molar-refractivity contribution in [1.29, 1.82) is 5.26 Å². The molecule has 0 fully saturated rings. The van der Waals surface area contributed by atoms with Gasteiger partial charge in [-0.1, -0.05) is 13.0 Å². The molecule has 0 saturated carbocycles. The highest BCUT2D eigenvalue weighted by Crippen LogP contribution is 2.34. The molecule has 17 heavy (non-hydrogen) atoms. The zero-order valence-electron chi connectivity index (χ0n) is 9.72. The summed E-state index contributed by atoms with van der Waals surface area (Å²) in [6.07, 6.45) is -0.102. The lowest BCUT2D eigenvalue weighted by Crippen LogP contribution is -2.18. The van der Waals surface area contributed by atoms with Crippen LogP contribution in [0.25, 0.3) is 0 Å². The molecule has 2 atom stereocenters. The van der Waals surface area contributed by atoms with Crippen molar-refractivity contribution in [3.8, 4) is 17.6 Å². The molecule has 0 bridgehead atoms. The Morgan fingerprint density at radius 2 is 2.06 bits per heavy atom. The van der Waals surface area contributed by atoms with Crippen LogP contribution >= 0.6 is 0 Å². The number of aliphatic hydroxyl groups is 1. The lowest BCUT2D eigenvalue weighted by atomic mass is 9.93. The van der Waals surface area contributed by atoms with Gasteiger partial charge in [0.15, 0.2) is 11.5 Å². The van der Waals surface area contributed by atoms with Crippen molar-refractivity contribution in [2.45, 2.75) is 25.4 Å². The molecule has 4 nitrogen and oxygen atoms in total. The van der Waals surface area contributed by atoms with Gasteiger partial charge in [0.25, 0.3) is 0 Å². The van der Waals surface area contributed by atoms with Gasteiger partial charge < -0.3 is 14.6 Å². The van der Waals surface area contributed by atoms with E-state index in [1.165, 1.54) is 0 Å². The molecular formula is C13H15NO3. The second-order valence-corrected chi connectivity index (χ2v) is 3.99. The second-order valence-electron chi connectivity index (χ2n) is 3.99. The van der Waals surface area contributed by atoms with E-state index in [9.17, 15) is 5.11 Å². The van der Waals surface area contributed by atoms with Gasteiger partial charge in [-0.25, -0.2) is 0 Å². The predicted octanol–water partition coefficient (Wildman–Crippen LogP) is 1.84. The van der Waals surface area contributed by atoms with Gasteiger partial charge in [0, 0.05) is 0 Å². The highest BCUT2D eigenvalue weighted by atomic mass is 16.6. The van der Waals surface area contributed by atoms with Crippen molar-refractivity contribution in [2.75, 3.05) is 13.2 Å². The van der Waals surface area contributed by atoms with Gasteiger partial charge in [0.1, 0.15) is 13.2 Å². The first-order chi connectivity index (χ1) is 8.26. The van der Waals surface area contributed by atoms with E-state index in [1.807, 2.05) is 6.92 Å². The topological polar surface area (TPSA) is 62.5 Å². The fraction of sp³-hybridized carbons (Fsp3) is 0.462. The van der Waals surface area contributed by atoms with E-state index in [-0.39, 0.29) is 0 Å². The third-order valence-corrected chi connectivity index (χ3v) is 2.87. The first-order valence-corrected chi connectivity index (χ1v) is 5.73. The molecule has 0 amide bonds. The molecule has 90 valence electrons. The van der Waals surface area contributed by atoms with Crippen LogP contribution in [0.2, 0.25) is 0 Å². The van der Waals surface area contributed by atoms with E-state index >= 15 is 0 Å². The fourth-order valence-electron chi connectivity index (χ4n) is 1.87. The van der Waals surface area contributed by atoms with Crippen molar-refractivity contribution in [2.24, 2.45) is 0 Å². The van der Waals surface area contributed by atoms with Crippen LogP contribution in [0.3, 0.4) is 0 Å². The van der Waals surface area contributed by atoms with Crippen LogP contribution in [0.15, 0.2) is 18.2 Å². The number of nitrogens with zero attached hydrogens (tertiary/aromatic N) is 1. The molecule has 2 rings (SSSR count). The molecule has 0 spiro atoms. The van der Waals surface area contributed by atoms with Crippen LogP contribution in [-0.4, -0.2) is 24.4 Å². The Morgan fingerprint density at radius 1 is 1.35 bits per heavy atom. The second kappa shape index (κ2) is 5.07. The summed E-state index contributed by atoms with van der Waals surface area (Å²) < 4.78 is 10.9. The summed E-state index contributed by atoms with van der Waals surface area (Å²) in [6, 6.07) is 7.50. The number of ether oxygens (including phenoxy) is 2. The molecule has 1 heterocycles. The summed E-state index contributed by atoms with van der Waals surface area (Å²) >= 11 is 0. The summed E-state index contributed by atoms with van der Waals surface area (Å²) in [7, 11) is 0. The lowest BCUT2D eigenvalue weighted by molar-refractivity contribution is 0.155. The lowest BCUT2D eigenvalue weighted by Gasteiger charge is -2.21. The standard InChI is InChI=1S/C13H15NO3/c1-2-11(15)10(8-14)9-3-4-12-13(7-9)17-6-5-16-12/h3-4,7,10-11,15H,2,5-6H2,1H3. The van der Waals surface area contributed by atoms with E-state index in [2.05, 4.69) is 6.07 Å². The van der Waals surface area contributed by atoms with E-state index in [0.29, 0.717) is 31.1 Å². The Balaban J connectivity index is 2.29. The smallest absolute Gasteiger partial charge is 0.161 e. The molecule has 0 saturated heterocycles. The average Bonchev–Trinajstić information content (AvgIpc) is 2.39. The molecule has 1 aromatic rings. The molecule has 0 radical (unpaired) electrons. The minimum absolute atomic E-state index is 0.518. The molecule has 1 aliphatic heterocycles. The Morgan fingerprint density at radius 3 is 2.71 bits per heavy atom. The Kier molecular flexibility index (Phi) is 3.50. The molecule has 0 aliphatic carbocycles. The van der Waals surface area contributed by atoms with Crippen LogP contribution in [0, 0.1) is 11.3 Å². The molecule has 1 N–H and O–H groups in total. The first kappa shape index (κ1) is 11.7. The quantitative estimate of drug-likeness (QED) is 0.865. The number of fused-ring (bicyclic) bond motifs is 1. The number of hydrogen-bond donors (Lipinski definition) is 1. The maximum Gasteiger partial charge on any atom is 0.161 e. The van der Waals surface area contributed by atoms with Gasteiger partial charge in [-0.3, -0.25) is 0 Å². The van der Waals surface area contributed by atoms with Gasteiger partial charge >= 0.3 is 0 Å². The summed E-state index contributed by atoms with van der Waals surface area (Å²) in [5, 5.41) is 18.9. The molecule has 1 aromatic carbocycles. The summed E-state index contributed by atoms with van der Waals surface area (Å²) in [4.78, 5) is 0. The Labute approximate surface area is 100 Å². The van der Waals surface area contributed by atoms with Gasteiger partial charge in [-0.15, -0.1) is 0 Å². The average molecular weight is 233 g/mol. The maximum atomic E-state index is 9.78. The summed E-state index contributed by atoms with van der Waals surface area (Å²) in [5.74, 6) is 0.829. The molecular weight excluding hydrogens is 218 g/mol. The van der Waals surface area contributed by atoms with Crippen molar-refractivity contribution in [1.82, 2.24) is 0 Å². The highest BCUT2D eigenvalue weighted by Gasteiger charge is 2.21. The van der Waals surface area contributed by atoms with Crippen LogP contribution in [0.5, 0.6) is 11.5 Å².